The van der Waals surface area contributed by atoms with E-state index in [1.165, 1.54) is 6.92 Å². The minimum absolute atomic E-state index is 0.0260. The third-order valence-electron chi connectivity index (χ3n) is 5.68. The summed E-state index contributed by atoms with van der Waals surface area (Å²) in [5.74, 6) is 0.874. The molecule has 1 atom stereocenters. The van der Waals surface area contributed by atoms with Crippen LogP contribution in [0.15, 0.2) is 54.9 Å². The van der Waals surface area contributed by atoms with Crippen LogP contribution in [0.3, 0.4) is 0 Å². The van der Waals surface area contributed by atoms with Crippen LogP contribution in [0.25, 0.3) is 11.3 Å². The number of pyridine rings is 1. The first kappa shape index (κ1) is 26.6. The van der Waals surface area contributed by atoms with Gasteiger partial charge in [-0.2, -0.15) is 0 Å². The number of carbonyl (C=O) groups is 2. The first-order valence-electron chi connectivity index (χ1n) is 12.0. The third-order valence-corrected chi connectivity index (χ3v) is 5.68. The molecule has 10 nitrogen and oxygen atoms in total. The largest absolute Gasteiger partial charge is 0.370 e. The molecule has 2 aromatic heterocycles. The standard InChI is InChI=1S/C26H34N8O2/c1-4-34(18(2)25(27)36)17-20-7-5-8-22(15-20)32-26-30-14-11-23(33-26)21-9-10-24(31-16-21)29-13-6-12-28-19(3)35/h5,7-11,14-16,18H,4,6,12-13,17H2,1-3H3,(H2,27,36)(H,28,35)(H,29,31)(H,30,32,33). The van der Waals surface area contributed by atoms with Gasteiger partial charge in [0.2, 0.25) is 17.8 Å². The van der Waals surface area contributed by atoms with Crippen molar-refractivity contribution >= 4 is 29.3 Å². The van der Waals surface area contributed by atoms with Gasteiger partial charge in [0.25, 0.3) is 0 Å². The molecule has 0 aliphatic carbocycles. The molecule has 0 aliphatic heterocycles. The second kappa shape index (κ2) is 13.1. The van der Waals surface area contributed by atoms with Crippen molar-refractivity contribution in [2.45, 2.75) is 39.8 Å². The lowest BCUT2D eigenvalue weighted by Gasteiger charge is -2.25. The van der Waals surface area contributed by atoms with Gasteiger partial charge in [-0.15, -0.1) is 0 Å². The van der Waals surface area contributed by atoms with E-state index in [2.05, 4.69) is 30.9 Å². The summed E-state index contributed by atoms with van der Waals surface area (Å²) in [6.45, 7) is 8.00. The van der Waals surface area contributed by atoms with Gasteiger partial charge in [0.1, 0.15) is 5.82 Å². The topological polar surface area (TPSA) is 138 Å². The van der Waals surface area contributed by atoms with Crippen LogP contribution in [0.1, 0.15) is 32.8 Å². The smallest absolute Gasteiger partial charge is 0.234 e. The third kappa shape index (κ3) is 8.02. The zero-order chi connectivity index (χ0) is 25.9. The number of primary amides is 1. The summed E-state index contributed by atoms with van der Waals surface area (Å²) in [5, 5.41) is 9.27. The molecule has 0 bridgehead atoms. The monoisotopic (exact) mass is 490 g/mol. The Kier molecular flexibility index (Phi) is 9.70. The fraction of sp³-hybridized carbons (Fsp3) is 0.346. The molecule has 2 heterocycles. The molecule has 5 N–H and O–H groups in total. The number of carbonyl (C=O) groups excluding carboxylic acids is 2. The van der Waals surface area contributed by atoms with Crippen molar-refractivity contribution in [3.8, 4) is 11.3 Å². The first-order chi connectivity index (χ1) is 17.4. The van der Waals surface area contributed by atoms with Crippen LogP contribution >= 0.6 is 0 Å². The summed E-state index contributed by atoms with van der Waals surface area (Å²) in [4.78, 5) is 38.0. The van der Waals surface area contributed by atoms with Crippen molar-refractivity contribution in [3.05, 3.63) is 60.4 Å². The van der Waals surface area contributed by atoms with Crippen LogP contribution in [0, 0.1) is 0 Å². The molecule has 36 heavy (non-hydrogen) atoms. The number of hydrogen-bond donors (Lipinski definition) is 4. The average molecular weight is 491 g/mol. The van der Waals surface area contributed by atoms with Gasteiger partial charge in [0, 0.05) is 50.2 Å². The Morgan fingerprint density at radius 3 is 2.64 bits per heavy atom. The van der Waals surface area contributed by atoms with Crippen LogP contribution in [0.5, 0.6) is 0 Å². The lowest BCUT2D eigenvalue weighted by atomic mass is 10.1. The van der Waals surface area contributed by atoms with Gasteiger partial charge in [-0.25, -0.2) is 15.0 Å². The molecule has 0 saturated heterocycles. The number of nitrogens with zero attached hydrogens (tertiary/aromatic N) is 4. The maximum Gasteiger partial charge on any atom is 0.234 e. The Morgan fingerprint density at radius 2 is 1.94 bits per heavy atom. The van der Waals surface area contributed by atoms with Gasteiger partial charge in [-0.3, -0.25) is 14.5 Å². The number of benzene rings is 1. The van der Waals surface area contributed by atoms with Crippen molar-refractivity contribution in [1.82, 2.24) is 25.2 Å². The highest BCUT2D eigenvalue weighted by molar-refractivity contribution is 5.79. The Labute approximate surface area is 211 Å². The lowest BCUT2D eigenvalue weighted by Crippen LogP contribution is -2.42. The van der Waals surface area contributed by atoms with Crippen molar-refractivity contribution in [1.29, 1.82) is 0 Å². The van der Waals surface area contributed by atoms with Gasteiger partial charge in [0.05, 0.1) is 11.7 Å². The molecular weight excluding hydrogens is 456 g/mol. The zero-order valence-corrected chi connectivity index (χ0v) is 21.0. The molecule has 0 saturated carbocycles. The van der Waals surface area contributed by atoms with Crippen LogP contribution in [0.4, 0.5) is 17.5 Å². The molecule has 3 aromatic rings. The Hall–Kier alpha value is -4.05. The van der Waals surface area contributed by atoms with Gasteiger partial charge < -0.3 is 21.7 Å². The molecule has 0 radical (unpaired) electrons. The van der Waals surface area contributed by atoms with Crippen LogP contribution in [-0.2, 0) is 16.1 Å². The van der Waals surface area contributed by atoms with Crippen molar-refractivity contribution in [2.75, 3.05) is 30.3 Å². The summed E-state index contributed by atoms with van der Waals surface area (Å²) in [7, 11) is 0. The predicted octanol–water partition coefficient (Wildman–Crippen LogP) is 2.92. The summed E-state index contributed by atoms with van der Waals surface area (Å²) < 4.78 is 0. The van der Waals surface area contributed by atoms with Gasteiger partial charge in [0.15, 0.2) is 0 Å². The highest BCUT2D eigenvalue weighted by atomic mass is 16.2. The number of rotatable bonds is 13. The van der Waals surface area contributed by atoms with E-state index >= 15 is 0 Å². The molecule has 0 aliphatic rings. The van der Waals surface area contributed by atoms with Crippen LogP contribution in [0.2, 0.25) is 0 Å². The Bertz CT molecular complexity index is 1150. The maximum absolute atomic E-state index is 11.6. The number of likely N-dealkylation sites (N-methyl/N-ethyl adjacent to an activating group) is 1. The number of hydrogen-bond acceptors (Lipinski definition) is 8. The van der Waals surface area contributed by atoms with Gasteiger partial charge in [-0.1, -0.05) is 19.1 Å². The fourth-order valence-corrected chi connectivity index (χ4v) is 3.61. The Morgan fingerprint density at radius 1 is 1.11 bits per heavy atom. The van der Waals surface area contributed by atoms with E-state index in [0.29, 0.717) is 32.1 Å². The normalized spacial score (nSPS) is 11.7. The molecule has 10 heteroatoms. The number of nitrogens with one attached hydrogen (secondary N) is 3. The van der Waals surface area contributed by atoms with E-state index in [1.54, 1.807) is 12.4 Å². The molecule has 190 valence electrons. The van der Waals surface area contributed by atoms with Crippen LogP contribution in [-0.4, -0.2) is 57.3 Å². The zero-order valence-electron chi connectivity index (χ0n) is 21.0. The van der Waals surface area contributed by atoms with E-state index in [0.717, 1.165) is 34.7 Å². The maximum atomic E-state index is 11.6. The minimum atomic E-state index is -0.342. The van der Waals surface area contributed by atoms with Gasteiger partial charge in [-0.05, 0) is 55.8 Å². The van der Waals surface area contributed by atoms with Crippen molar-refractivity contribution in [2.24, 2.45) is 5.73 Å². The summed E-state index contributed by atoms with van der Waals surface area (Å²) in [6, 6.07) is 13.3. The second-order valence-electron chi connectivity index (χ2n) is 8.43. The van der Waals surface area contributed by atoms with Crippen molar-refractivity contribution < 1.29 is 9.59 Å². The Balaban J connectivity index is 1.62. The number of nitrogens with two attached hydrogens (primary N) is 1. The first-order valence-corrected chi connectivity index (χ1v) is 12.0. The molecular formula is C26H34N8O2. The lowest BCUT2D eigenvalue weighted by molar-refractivity contribution is -0.123. The van der Waals surface area contributed by atoms with E-state index in [9.17, 15) is 9.59 Å². The number of amides is 2. The van der Waals surface area contributed by atoms with Crippen LogP contribution < -0.4 is 21.7 Å². The number of aromatic nitrogens is 3. The highest BCUT2D eigenvalue weighted by Crippen LogP contribution is 2.21. The second-order valence-corrected chi connectivity index (χ2v) is 8.43. The quantitative estimate of drug-likeness (QED) is 0.268. The van der Waals surface area contributed by atoms with E-state index in [4.69, 9.17) is 5.73 Å². The van der Waals surface area contributed by atoms with E-state index < -0.39 is 0 Å². The minimum Gasteiger partial charge on any atom is -0.370 e. The number of anilines is 3. The molecule has 2 amide bonds. The average Bonchev–Trinajstić information content (AvgIpc) is 2.87. The molecule has 3 rings (SSSR count). The predicted molar refractivity (Wildman–Crippen MR) is 142 cm³/mol. The summed E-state index contributed by atoms with van der Waals surface area (Å²) in [6.07, 6.45) is 4.28. The summed E-state index contributed by atoms with van der Waals surface area (Å²) >= 11 is 0. The molecule has 0 fully saturated rings. The molecule has 0 spiro atoms. The molecule has 1 aromatic carbocycles. The van der Waals surface area contributed by atoms with E-state index in [1.807, 2.05) is 61.2 Å². The summed E-state index contributed by atoms with van der Waals surface area (Å²) in [5.41, 5.74) is 9.01. The SMILES string of the molecule is CCN(Cc1cccc(Nc2nccc(-c3ccc(NCCCNC(C)=O)nc3)n2)c1)C(C)C(N)=O. The van der Waals surface area contributed by atoms with E-state index in [-0.39, 0.29) is 17.9 Å². The van der Waals surface area contributed by atoms with Crippen molar-refractivity contribution in [3.63, 3.8) is 0 Å². The molecule has 1 unspecified atom stereocenters. The fourth-order valence-electron chi connectivity index (χ4n) is 3.61. The highest BCUT2D eigenvalue weighted by Gasteiger charge is 2.17. The van der Waals surface area contributed by atoms with Gasteiger partial charge >= 0.3 is 0 Å².